The molecule has 0 bridgehead atoms. The van der Waals surface area contributed by atoms with Gasteiger partial charge in [-0.1, -0.05) is 6.92 Å². The van der Waals surface area contributed by atoms with Gasteiger partial charge in [0.1, 0.15) is 5.39 Å². The molecule has 0 aromatic carbocycles. The lowest BCUT2D eigenvalue weighted by Crippen LogP contribution is -2.24. The molecule has 0 unspecified atom stereocenters. The number of aromatic nitrogens is 4. The van der Waals surface area contributed by atoms with Crippen LogP contribution >= 0.6 is 0 Å². The number of nitrogens with one attached hydrogen (secondary N) is 2. The maximum Gasteiger partial charge on any atom is 0.263 e. The third-order valence-corrected chi connectivity index (χ3v) is 3.03. The zero-order chi connectivity index (χ0) is 11.1. The van der Waals surface area contributed by atoms with Crippen molar-refractivity contribution in [3.05, 3.63) is 16.6 Å². The molecular formula is C10H13N5O. The molecule has 0 aliphatic carbocycles. The summed E-state index contributed by atoms with van der Waals surface area (Å²) in [5.74, 6) is 1.30. The molecule has 2 aromatic heterocycles. The second-order valence-electron chi connectivity index (χ2n) is 4.36. The van der Waals surface area contributed by atoms with E-state index in [9.17, 15) is 4.79 Å². The highest BCUT2D eigenvalue weighted by molar-refractivity contribution is 5.73. The molecule has 1 fully saturated rings. The van der Waals surface area contributed by atoms with Crippen molar-refractivity contribution in [2.75, 3.05) is 18.0 Å². The molecule has 0 spiro atoms. The molecule has 0 amide bonds. The first-order valence-electron chi connectivity index (χ1n) is 5.42. The number of hydrogen-bond donors (Lipinski definition) is 2. The van der Waals surface area contributed by atoms with Gasteiger partial charge in [0.25, 0.3) is 5.56 Å². The minimum Gasteiger partial charge on any atom is -0.342 e. The molecule has 0 radical (unpaired) electrons. The Hall–Kier alpha value is -1.85. The largest absolute Gasteiger partial charge is 0.342 e. The van der Waals surface area contributed by atoms with Crippen molar-refractivity contribution >= 4 is 17.0 Å². The van der Waals surface area contributed by atoms with Crippen LogP contribution in [0, 0.1) is 5.92 Å². The van der Waals surface area contributed by atoms with Gasteiger partial charge in [0.05, 0.1) is 6.20 Å². The Morgan fingerprint density at radius 2 is 2.44 bits per heavy atom. The van der Waals surface area contributed by atoms with Crippen LogP contribution in [0.5, 0.6) is 0 Å². The van der Waals surface area contributed by atoms with Crippen LogP contribution in [-0.4, -0.2) is 33.3 Å². The van der Waals surface area contributed by atoms with Crippen molar-refractivity contribution in [2.24, 2.45) is 5.92 Å². The summed E-state index contributed by atoms with van der Waals surface area (Å²) in [5, 5.41) is 7.06. The SMILES string of the molecule is C[C@H]1CCN(c2nc3[nH]ncc3c(=O)[nH]2)C1. The van der Waals surface area contributed by atoms with Crippen LogP contribution in [-0.2, 0) is 0 Å². The molecule has 2 N–H and O–H groups in total. The van der Waals surface area contributed by atoms with Gasteiger partial charge in [0.2, 0.25) is 5.95 Å². The van der Waals surface area contributed by atoms with Crippen LogP contribution in [0.25, 0.3) is 11.0 Å². The van der Waals surface area contributed by atoms with E-state index in [1.54, 1.807) is 0 Å². The van der Waals surface area contributed by atoms with Crippen LogP contribution in [0.15, 0.2) is 11.0 Å². The quantitative estimate of drug-likeness (QED) is 0.731. The van der Waals surface area contributed by atoms with Gasteiger partial charge in [-0.3, -0.25) is 14.9 Å². The second-order valence-corrected chi connectivity index (χ2v) is 4.36. The fourth-order valence-electron chi connectivity index (χ4n) is 2.11. The zero-order valence-corrected chi connectivity index (χ0v) is 9.03. The van der Waals surface area contributed by atoms with Crippen LogP contribution in [0.1, 0.15) is 13.3 Å². The molecule has 1 saturated heterocycles. The van der Waals surface area contributed by atoms with Gasteiger partial charge < -0.3 is 4.90 Å². The first kappa shape index (κ1) is 9.38. The molecule has 1 atom stereocenters. The van der Waals surface area contributed by atoms with Crippen molar-refractivity contribution < 1.29 is 0 Å². The van der Waals surface area contributed by atoms with E-state index in [1.165, 1.54) is 6.20 Å². The summed E-state index contributed by atoms with van der Waals surface area (Å²) in [6, 6.07) is 0. The molecule has 2 aromatic rings. The van der Waals surface area contributed by atoms with Crippen LogP contribution in [0.4, 0.5) is 5.95 Å². The average Bonchev–Trinajstić information content (AvgIpc) is 2.85. The summed E-state index contributed by atoms with van der Waals surface area (Å²) in [6.07, 6.45) is 2.64. The van der Waals surface area contributed by atoms with Gasteiger partial charge in [-0.25, -0.2) is 0 Å². The van der Waals surface area contributed by atoms with E-state index in [2.05, 4.69) is 32.0 Å². The Morgan fingerprint density at radius 1 is 1.56 bits per heavy atom. The van der Waals surface area contributed by atoms with Crippen molar-refractivity contribution in [1.29, 1.82) is 0 Å². The number of anilines is 1. The molecule has 6 heteroatoms. The third-order valence-electron chi connectivity index (χ3n) is 3.03. The smallest absolute Gasteiger partial charge is 0.263 e. The Balaban J connectivity index is 2.07. The van der Waals surface area contributed by atoms with E-state index in [1.807, 2.05) is 0 Å². The Kier molecular flexibility index (Phi) is 1.95. The van der Waals surface area contributed by atoms with Crippen molar-refractivity contribution in [3.63, 3.8) is 0 Å². The minimum atomic E-state index is -0.131. The van der Waals surface area contributed by atoms with E-state index >= 15 is 0 Å². The van der Waals surface area contributed by atoms with Crippen LogP contribution in [0.2, 0.25) is 0 Å². The van der Waals surface area contributed by atoms with Gasteiger partial charge in [0.15, 0.2) is 5.65 Å². The predicted octanol–water partition coefficient (Wildman–Crippen LogP) is 0.492. The lowest BCUT2D eigenvalue weighted by Gasteiger charge is -2.15. The zero-order valence-electron chi connectivity index (χ0n) is 9.03. The maximum absolute atomic E-state index is 11.7. The molecular weight excluding hydrogens is 206 g/mol. The first-order chi connectivity index (χ1) is 7.74. The summed E-state index contributed by atoms with van der Waals surface area (Å²) < 4.78 is 0. The average molecular weight is 219 g/mol. The standard InChI is InChI=1S/C10H13N5O/c1-6-2-3-15(5-6)10-12-8-7(4-11-14-8)9(16)13-10/h4,6H,2-3,5H2,1H3,(H2,11,12,13,14,16)/t6-/m0/s1. The fourth-order valence-corrected chi connectivity index (χ4v) is 2.11. The van der Waals surface area contributed by atoms with E-state index in [0.29, 0.717) is 22.9 Å². The first-order valence-corrected chi connectivity index (χ1v) is 5.42. The number of fused-ring (bicyclic) bond motifs is 1. The van der Waals surface area contributed by atoms with Crippen LogP contribution < -0.4 is 10.5 Å². The van der Waals surface area contributed by atoms with Gasteiger partial charge >= 0.3 is 0 Å². The molecule has 84 valence electrons. The number of rotatable bonds is 1. The molecule has 16 heavy (non-hydrogen) atoms. The van der Waals surface area contributed by atoms with Crippen molar-refractivity contribution in [3.8, 4) is 0 Å². The topological polar surface area (TPSA) is 77.7 Å². The normalized spacial score (nSPS) is 20.8. The van der Waals surface area contributed by atoms with Crippen LogP contribution in [0.3, 0.4) is 0 Å². The molecule has 1 aliphatic heterocycles. The van der Waals surface area contributed by atoms with Gasteiger partial charge in [0, 0.05) is 13.1 Å². The third kappa shape index (κ3) is 1.37. The molecule has 0 saturated carbocycles. The van der Waals surface area contributed by atoms with Crippen molar-refractivity contribution in [2.45, 2.75) is 13.3 Å². The Labute approximate surface area is 91.7 Å². The number of nitrogens with zero attached hydrogens (tertiary/aromatic N) is 3. The van der Waals surface area contributed by atoms with Gasteiger partial charge in [-0.05, 0) is 12.3 Å². The summed E-state index contributed by atoms with van der Waals surface area (Å²) in [4.78, 5) is 21.0. The highest BCUT2D eigenvalue weighted by Gasteiger charge is 2.21. The summed E-state index contributed by atoms with van der Waals surface area (Å²) in [6.45, 7) is 4.10. The van der Waals surface area contributed by atoms with Crippen molar-refractivity contribution in [1.82, 2.24) is 20.2 Å². The summed E-state index contributed by atoms with van der Waals surface area (Å²) in [5.41, 5.74) is 0.423. The molecule has 3 heterocycles. The van der Waals surface area contributed by atoms with Gasteiger partial charge in [-0.15, -0.1) is 0 Å². The monoisotopic (exact) mass is 219 g/mol. The molecule has 6 nitrogen and oxygen atoms in total. The fraction of sp³-hybridized carbons (Fsp3) is 0.500. The Bertz CT molecular complexity index is 572. The van der Waals surface area contributed by atoms with Gasteiger partial charge in [-0.2, -0.15) is 10.1 Å². The maximum atomic E-state index is 11.7. The summed E-state index contributed by atoms with van der Waals surface area (Å²) in [7, 11) is 0. The number of hydrogen-bond acceptors (Lipinski definition) is 4. The van der Waals surface area contributed by atoms with E-state index in [0.717, 1.165) is 19.5 Å². The highest BCUT2D eigenvalue weighted by atomic mass is 16.1. The predicted molar refractivity (Wildman–Crippen MR) is 60.5 cm³/mol. The summed E-state index contributed by atoms with van der Waals surface area (Å²) >= 11 is 0. The lowest BCUT2D eigenvalue weighted by molar-refractivity contribution is 0.658. The minimum absolute atomic E-state index is 0.131. The van der Waals surface area contributed by atoms with E-state index in [-0.39, 0.29) is 5.56 Å². The molecule has 3 rings (SSSR count). The Morgan fingerprint density at radius 3 is 3.19 bits per heavy atom. The second kappa shape index (κ2) is 3.33. The lowest BCUT2D eigenvalue weighted by atomic mass is 10.2. The number of aromatic amines is 2. The highest BCUT2D eigenvalue weighted by Crippen LogP contribution is 2.19. The number of H-pyrrole nitrogens is 2. The van der Waals surface area contributed by atoms with E-state index in [4.69, 9.17) is 0 Å². The molecule has 1 aliphatic rings. The van der Waals surface area contributed by atoms with E-state index < -0.39 is 0 Å².